The Bertz CT molecular complexity index is 466. The Morgan fingerprint density at radius 2 is 1.88 bits per heavy atom. The minimum atomic E-state index is -0.513. The summed E-state index contributed by atoms with van der Waals surface area (Å²) < 4.78 is 10.5. The number of benzene rings is 1. The third-order valence-electron chi connectivity index (χ3n) is 2.62. The summed E-state index contributed by atoms with van der Waals surface area (Å²) in [6, 6.07) is 1.72. The number of hydrogen-bond acceptors (Lipinski definition) is 4. The average molecular weight is 237 g/mol. The molecule has 0 aromatic heterocycles. The molecule has 0 aliphatic heterocycles. The smallest absolute Gasteiger partial charge is 0.235 e. The van der Waals surface area contributed by atoms with Crippen molar-refractivity contribution in [2.75, 3.05) is 14.2 Å². The fourth-order valence-electron chi connectivity index (χ4n) is 1.63. The molecule has 0 aliphatic rings. The van der Waals surface area contributed by atoms with Crippen molar-refractivity contribution in [3.05, 3.63) is 39.1 Å². The van der Waals surface area contributed by atoms with E-state index in [1.165, 1.54) is 13.2 Å². The zero-order chi connectivity index (χ0) is 13.0. The van der Waals surface area contributed by atoms with Crippen molar-refractivity contribution in [3.63, 3.8) is 0 Å². The Balaban J connectivity index is 3.37. The van der Waals surface area contributed by atoms with Crippen LogP contribution in [-0.4, -0.2) is 19.1 Å². The molecule has 1 aromatic carbocycles. The first-order valence-electron chi connectivity index (χ1n) is 5.05. The van der Waals surface area contributed by atoms with Crippen LogP contribution < -0.4 is 9.47 Å². The molecule has 0 heterocycles. The molecule has 0 fully saturated rings. The van der Waals surface area contributed by atoms with Gasteiger partial charge in [-0.05, 0) is 31.0 Å². The van der Waals surface area contributed by atoms with Gasteiger partial charge in [-0.25, -0.2) is 0 Å². The Hall–Kier alpha value is -2.04. The largest absolute Gasteiger partial charge is 0.496 e. The molecule has 92 valence electrons. The van der Waals surface area contributed by atoms with Gasteiger partial charge in [0.2, 0.25) is 6.20 Å². The van der Waals surface area contributed by atoms with Crippen LogP contribution in [0.4, 0.5) is 0 Å². The van der Waals surface area contributed by atoms with Crippen LogP contribution in [0.25, 0.3) is 6.08 Å². The maximum Gasteiger partial charge on any atom is 0.235 e. The third kappa shape index (κ3) is 2.75. The zero-order valence-electron chi connectivity index (χ0n) is 10.3. The highest BCUT2D eigenvalue weighted by Crippen LogP contribution is 2.33. The lowest BCUT2D eigenvalue weighted by atomic mass is 10.0. The maximum atomic E-state index is 10.3. The number of hydrogen-bond donors (Lipinski definition) is 0. The predicted molar refractivity (Wildman–Crippen MR) is 65.0 cm³/mol. The van der Waals surface area contributed by atoms with Gasteiger partial charge in [-0.1, -0.05) is 0 Å². The van der Waals surface area contributed by atoms with E-state index in [0.29, 0.717) is 17.1 Å². The van der Waals surface area contributed by atoms with Crippen LogP contribution in [0, 0.1) is 24.0 Å². The van der Waals surface area contributed by atoms with E-state index >= 15 is 0 Å². The van der Waals surface area contributed by atoms with Crippen LogP contribution in [0.5, 0.6) is 11.5 Å². The van der Waals surface area contributed by atoms with E-state index in [2.05, 4.69) is 0 Å². The first-order chi connectivity index (χ1) is 8.01. The molecule has 0 saturated heterocycles. The summed E-state index contributed by atoms with van der Waals surface area (Å²) in [7, 11) is 3.10. The highest BCUT2D eigenvalue weighted by Gasteiger charge is 2.12. The number of rotatable bonds is 4. The molecule has 0 aliphatic carbocycles. The van der Waals surface area contributed by atoms with Crippen molar-refractivity contribution in [1.82, 2.24) is 0 Å². The highest BCUT2D eigenvalue weighted by atomic mass is 16.6. The van der Waals surface area contributed by atoms with Gasteiger partial charge in [-0.15, -0.1) is 0 Å². The van der Waals surface area contributed by atoms with Gasteiger partial charge in [0.25, 0.3) is 0 Å². The molecule has 0 N–H and O–H groups in total. The minimum Gasteiger partial charge on any atom is -0.496 e. The van der Waals surface area contributed by atoms with Crippen LogP contribution in [-0.2, 0) is 0 Å². The molecular formula is C12H15NO4. The summed E-state index contributed by atoms with van der Waals surface area (Å²) in [6.07, 6.45) is 2.28. The van der Waals surface area contributed by atoms with Gasteiger partial charge in [-0.2, -0.15) is 0 Å². The summed E-state index contributed by atoms with van der Waals surface area (Å²) >= 11 is 0. The standard InChI is InChI=1S/C12H15NO4/c1-8-9(2)12(17-4)10(5-6-13(14)15)7-11(8)16-3/h5-7H,1-4H3/b6-5+. The van der Waals surface area contributed by atoms with Crippen molar-refractivity contribution < 1.29 is 14.4 Å². The molecule has 5 nitrogen and oxygen atoms in total. The Labute approximate surface area is 99.8 Å². The van der Waals surface area contributed by atoms with E-state index in [0.717, 1.165) is 17.3 Å². The van der Waals surface area contributed by atoms with Crippen LogP contribution in [0.1, 0.15) is 16.7 Å². The Morgan fingerprint density at radius 1 is 1.24 bits per heavy atom. The lowest BCUT2D eigenvalue weighted by molar-refractivity contribution is -0.400. The van der Waals surface area contributed by atoms with Crippen molar-refractivity contribution in [1.29, 1.82) is 0 Å². The SMILES string of the molecule is COc1cc(/C=C/[N+](=O)[O-])c(OC)c(C)c1C. The van der Waals surface area contributed by atoms with E-state index in [1.807, 2.05) is 13.8 Å². The minimum absolute atomic E-state index is 0.513. The molecule has 5 heteroatoms. The molecular weight excluding hydrogens is 222 g/mol. The van der Waals surface area contributed by atoms with Gasteiger partial charge in [-0.3, -0.25) is 10.1 Å². The predicted octanol–water partition coefficient (Wildman–Crippen LogP) is 2.57. The van der Waals surface area contributed by atoms with Gasteiger partial charge < -0.3 is 9.47 Å². The van der Waals surface area contributed by atoms with E-state index < -0.39 is 4.92 Å². The number of methoxy groups -OCH3 is 2. The van der Waals surface area contributed by atoms with Gasteiger partial charge >= 0.3 is 0 Å². The Kier molecular flexibility index (Phi) is 4.09. The quantitative estimate of drug-likeness (QED) is 0.596. The van der Waals surface area contributed by atoms with Gasteiger partial charge in [0.1, 0.15) is 11.5 Å². The molecule has 0 amide bonds. The lowest BCUT2D eigenvalue weighted by Gasteiger charge is -2.14. The highest BCUT2D eigenvalue weighted by molar-refractivity contribution is 5.64. The molecule has 0 spiro atoms. The second-order valence-corrected chi connectivity index (χ2v) is 3.55. The van der Waals surface area contributed by atoms with Crippen molar-refractivity contribution in [2.45, 2.75) is 13.8 Å². The normalized spacial score (nSPS) is 10.6. The van der Waals surface area contributed by atoms with E-state index in [9.17, 15) is 10.1 Å². The monoisotopic (exact) mass is 237 g/mol. The molecule has 1 aromatic rings. The molecule has 0 unspecified atom stereocenters. The summed E-state index contributed by atoms with van der Waals surface area (Å²) in [5.41, 5.74) is 2.50. The van der Waals surface area contributed by atoms with Crippen LogP contribution in [0.3, 0.4) is 0 Å². The fraction of sp³-hybridized carbons (Fsp3) is 0.333. The first-order valence-corrected chi connectivity index (χ1v) is 5.05. The molecule has 0 radical (unpaired) electrons. The van der Waals surface area contributed by atoms with E-state index in [4.69, 9.17) is 9.47 Å². The summed E-state index contributed by atoms with van der Waals surface area (Å²) in [5.74, 6) is 1.31. The molecule has 0 atom stereocenters. The second-order valence-electron chi connectivity index (χ2n) is 3.55. The fourth-order valence-corrected chi connectivity index (χ4v) is 1.63. The number of nitro groups is 1. The first kappa shape index (κ1) is 13.0. The average Bonchev–Trinajstić information content (AvgIpc) is 2.30. The summed E-state index contributed by atoms with van der Waals surface area (Å²) in [6.45, 7) is 3.80. The van der Waals surface area contributed by atoms with Gasteiger partial charge in [0.05, 0.1) is 19.1 Å². The van der Waals surface area contributed by atoms with Crippen molar-refractivity contribution in [2.24, 2.45) is 0 Å². The van der Waals surface area contributed by atoms with Crippen molar-refractivity contribution in [3.8, 4) is 11.5 Å². The van der Waals surface area contributed by atoms with Crippen LogP contribution in [0.2, 0.25) is 0 Å². The van der Waals surface area contributed by atoms with Crippen LogP contribution >= 0.6 is 0 Å². The maximum absolute atomic E-state index is 10.3. The number of ether oxygens (including phenoxy) is 2. The number of nitrogens with zero attached hydrogens (tertiary/aromatic N) is 1. The molecule has 0 bridgehead atoms. The molecule has 17 heavy (non-hydrogen) atoms. The summed E-state index contributed by atoms with van der Waals surface area (Å²) in [5, 5.41) is 10.3. The Morgan fingerprint density at radius 3 is 2.35 bits per heavy atom. The van der Waals surface area contributed by atoms with Crippen molar-refractivity contribution >= 4 is 6.08 Å². The van der Waals surface area contributed by atoms with E-state index in [-0.39, 0.29) is 0 Å². The van der Waals surface area contributed by atoms with E-state index in [1.54, 1.807) is 13.2 Å². The topological polar surface area (TPSA) is 61.6 Å². The van der Waals surface area contributed by atoms with Crippen LogP contribution in [0.15, 0.2) is 12.3 Å². The zero-order valence-corrected chi connectivity index (χ0v) is 10.3. The lowest BCUT2D eigenvalue weighted by Crippen LogP contribution is -1.97. The second kappa shape index (κ2) is 5.34. The molecule has 0 saturated carbocycles. The van der Waals surface area contributed by atoms with Gasteiger partial charge in [0.15, 0.2) is 0 Å². The third-order valence-corrected chi connectivity index (χ3v) is 2.62. The van der Waals surface area contributed by atoms with Gasteiger partial charge in [0, 0.05) is 11.6 Å². The molecule has 1 rings (SSSR count). The summed E-state index contributed by atoms with van der Waals surface area (Å²) in [4.78, 5) is 9.81.